The van der Waals surface area contributed by atoms with Crippen molar-refractivity contribution in [2.45, 2.75) is 39.8 Å². The van der Waals surface area contributed by atoms with E-state index in [0.717, 1.165) is 16.8 Å². The lowest BCUT2D eigenvalue weighted by atomic mass is 10.0. The molecule has 1 aromatic heterocycles. The third-order valence-electron chi connectivity index (χ3n) is 3.60. The third-order valence-corrected chi connectivity index (χ3v) is 3.60. The molecule has 0 unspecified atom stereocenters. The number of rotatable bonds is 4. The molecule has 0 aliphatic heterocycles. The first kappa shape index (κ1) is 15.3. The monoisotopic (exact) mass is 285 g/mol. The van der Waals surface area contributed by atoms with Crippen LogP contribution in [0.4, 0.5) is 0 Å². The molecule has 1 aromatic carbocycles. The zero-order valence-corrected chi connectivity index (χ0v) is 13.4. The van der Waals surface area contributed by atoms with Gasteiger partial charge in [-0.15, -0.1) is 0 Å². The SMILES string of the molecule is CC(C)N(C(=O)c1ccccc1-c1ccnn1C)C(C)C. The fraction of sp³-hybridized carbons (Fsp3) is 0.412. The van der Waals surface area contributed by atoms with Gasteiger partial charge in [0.1, 0.15) is 0 Å². The molecule has 112 valence electrons. The van der Waals surface area contributed by atoms with Gasteiger partial charge in [0.2, 0.25) is 0 Å². The van der Waals surface area contributed by atoms with Crippen molar-refractivity contribution in [3.8, 4) is 11.3 Å². The number of aromatic nitrogens is 2. The van der Waals surface area contributed by atoms with E-state index < -0.39 is 0 Å². The van der Waals surface area contributed by atoms with Crippen LogP contribution in [-0.2, 0) is 7.05 Å². The van der Waals surface area contributed by atoms with Crippen LogP contribution in [0, 0.1) is 0 Å². The minimum atomic E-state index is 0.0665. The molecule has 0 N–H and O–H groups in total. The maximum absolute atomic E-state index is 13.0. The van der Waals surface area contributed by atoms with E-state index in [0.29, 0.717) is 0 Å². The largest absolute Gasteiger partial charge is 0.334 e. The highest BCUT2D eigenvalue weighted by molar-refractivity contribution is 6.00. The first-order chi connectivity index (χ1) is 9.93. The predicted molar refractivity (Wildman–Crippen MR) is 85.1 cm³/mol. The van der Waals surface area contributed by atoms with Gasteiger partial charge >= 0.3 is 0 Å². The summed E-state index contributed by atoms with van der Waals surface area (Å²) in [5, 5.41) is 4.20. The molecular formula is C17H23N3O. The van der Waals surface area contributed by atoms with E-state index in [1.165, 1.54) is 0 Å². The Labute approximate surface area is 126 Å². The van der Waals surface area contributed by atoms with E-state index in [4.69, 9.17) is 0 Å². The number of hydrogen-bond acceptors (Lipinski definition) is 2. The highest BCUT2D eigenvalue weighted by Gasteiger charge is 2.24. The van der Waals surface area contributed by atoms with E-state index in [1.54, 1.807) is 10.9 Å². The van der Waals surface area contributed by atoms with E-state index >= 15 is 0 Å². The van der Waals surface area contributed by atoms with E-state index in [9.17, 15) is 4.79 Å². The molecule has 0 aliphatic rings. The molecule has 0 spiro atoms. The normalized spacial score (nSPS) is 11.2. The van der Waals surface area contributed by atoms with Crippen LogP contribution >= 0.6 is 0 Å². The quantitative estimate of drug-likeness (QED) is 0.864. The summed E-state index contributed by atoms with van der Waals surface area (Å²) in [5.41, 5.74) is 2.60. The Morgan fingerprint density at radius 3 is 2.24 bits per heavy atom. The van der Waals surface area contributed by atoms with Crippen molar-refractivity contribution in [1.29, 1.82) is 0 Å². The minimum absolute atomic E-state index is 0.0665. The smallest absolute Gasteiger partial charge is 0.255 e. The number of aryl methyl sites for hydroxylation is 1. The van der Waals surface area contributed by atoms with Crippen LogP contribution in [0.25, 0.3) is 11.3 Å². The molecule has 0 bridgehead atoms. The molecule has 0 saturated carbocycles. The summed E-state index contributed by atoms with van der Waals surface area (Å²) in [6.07, 6.45) is 1.75. The van der Waals surface area contributed by atoms with Gasteiger partial charge in [-0.2, -0.15) is 5.10 Å². The van der Waals surface area contributed by atoms with Gasteiger partial charge in [-0.25, -0.2) is 0 Å². The standard InChI is InChI=1S/C17H23N3O/c1-12(2)20(13(3)4)17(21)15-9-7-6-8-14(15)16-10-11-18-19(16)5/h6-13H,1-5H3. The molecule has 2 aromatic rings. The Bertz CT molecular complexity index is 620. The minimum Gasteiger partial charge on any atom is -0.334 e. The maximum Gasteiger partial charge on any atom is 0.255 e. The highest BCUT2D eigenvalue weighted by atomic mass is 16.2. The number of carbonyl (C=O) groups excluding carboxylic acids is 1. The zero-order chi connectivity index (χ0) is 15.6. The van der Waals surface area contributed by atoms with E-state index in [-0.39, 0.29) is 18.0 Å². The number of amides is 1. The van der Waals surface area contributed by atoms with Gasteiger partial charge in [0.05, 0.1) is 5.69 Å². The van der Waals surface area contributed by atoms with Gasteiger partial charge in [-0.3, -0.25) is 9.48 Å². The molecule has 1 amide bonds. The molecule has 4 heteroatoms. The van der Waals surface area contributed by atoms with Crippen LogP contribution in [0.2, 0.25) is 0 Å². The lowest BCUT2D eigenvalue weighted by molar-refractivity contribution is 0.0644. The second-order valence-electron chi connectivity index (χ2n) is 5.79. The van der Waals surface area contributed by atoms with Crippen LogP contribution in [-0.4, -0.2) is 32.7 Å². The van der Waals surface area contributed by atoms with Gasteiger partial charge < -0.3 is 4.90 Å². The molecule has 0 saturated heterocycles. The Morgan fingerprint density at radius 2 is 1.71 bits per heavy atom. The Balaban J connectivity index is 2.50. The number of hydrogen-bond donors (Lipinski definition) is 0. The van der Waals surface area contributed by atoms with Crippen LogP contribution in [0.3, 0.4) is 0 Å². The van der Waals surface area contributed by atoms with Crippen molar-refractivity contribution in [1.82, 2.24) is 14.7 Å². The summed E-state index contributed by atoms with van der Waals surface area (Å²) >= 11 is 0. The van der Waals surface area contributed by atoms with Crippen molar-refractivity contribution in [2.24, 2.45) is 7.05 Å². The Hall–Kier alpha value is -2.10. The average Bonchev–Trinajstić information content (AvgIpc) is 2.84. The molecule has 0 aliphatic carbocycles. The van der Waals surface area contributed by atoms with Crippen molar-refractivity contribution in [3.63, 3.8) is 0 Å². The summed E-state index contributed by atoms with van der Waals surface area (Å²) in [4.78, 5) is 14.9. The lowest BCUT2D eigenvalue weighted by Crippen LogP contribution is -2.42. The van der Waals surface area contributed by atoms with Gasteiger partial charge in [0.25, 0.3) is 5.91 Å². The number of nitrogens with zero attached hydrogens (tertiary/aromatic N) is 3. The third kappa shape index (κ3) is 2.99. The molecule has 0 fully saturated rings. The highest BCUT2D eigenvalue weighted by Crippen LogP contribution is 2.25. The molecule has 0 radical (unpaired) electrons. The van der Waals surface area contributed by atoms with Crippen molar-refractivity contribution >= 4 is 5.91 Å². The zero-order valence-electron chi connectivity index (χ0n) is 13.4. The van der Waals surface area contributed by atoms with Gasteiger partial charge in [-0.1, -0.05) is 18.2 Å². The summed E-state index contributed by atoms with van der Waals surface area (Å²) in [6, 6.07) is 9.99. The first-order valence-corrected chi connectivity index (χ1v) is 7.33. The lowest BCUT2D eigenvalue weighted by Gasteiger charge is -2.31. The second-order valence-corrected chi connectivity index (χ2v) is 5.79. The van der Waals surface area contributed by atoms with Gasteiger partial charge in [-0.05, 0) is 39.8 Å². The molecule has 0 atom stereocenters. The number of carbonyl (C=O) groups is 1. The average molecular weight is 285 g/mol. The van der Waals surface area contributed by atoms with Crippen molar-refractivity contribution < 1.29 is 4.79 Å². The summed E-state index contributed by atoms with van der Waals surface area (Å²) in [6.45, 7) is 8.18. The Morgan fingerprint density at radius 1 is 1.10 bits per heavy atom. The van der Waals surface area contributed by atoms with Crippen molar-refractivity contribution in [3.05, 3.63) is 42.1 Å². The van der Waals surface area contributed by atoms with E-state index in [2.05, 4.69) is 5.10 Å². The fourth-order valence-electron chi connectivity index (χ4n) is 2.74. The molecular weight excluding hydrogens is 262 g/mol. The maximum atomic E-state index is 13.0. The molecule has 4 nitrogen and oxygen atoms in total. The van der Waals surface area contributed by atoms with Gasteiger partial charge in [0.15, 0.2) is 0 Å². The van der Waals surface area contributed by atoms with Crippen molar-refractivity contribution in [2.75, 3.05) is 0 Å². The topological polar surface area (TPSA) is 38.1 Å². The van der Waals surface area contributed by atoms with Crippen LogP contribution in [0.1, 0.15) is 38.1 Å². The summed E-state index contributed by atoms with van der Waals surface area (Å²) in [5.74, 6) is 0.0665. The van der Waals surface area contributed by atoms with Crippen LogP contribution < -0.4 is 0 Å². The Kier molecular flexibility index (Phi) is 4.46. The summed E-state index contributed by atoms with van der Waals surface area (Å²) < 4.78 is 1.79. The molecule has 1 heterocycles. The number of benzene rings is 1. The van der Waals surface area contributed by atoms with Crippen LogP contribution in [0.15, 0.2) is 36.5 Å². The van der Waals surface area contributed by atoms with E-state index in [1.807, 2.05) is 70.0 Å². The van der Waals surface area contributed by atoms with Crippen LogP contribution in [0.5, 0.6) is 0 Å². The van der Waals surface area contributed by atoms with Gasteiger partial charge in [0, 0.05) is 36.5 Å². The summed E-state index contributed by atoms with van der Waals surface area (Å²) in [7, 11) is 1.89. The predicted octanol–water partition coefficient (Wildman–Crippen LogP) is 3.35. The second kappa shape index (κ2) is 6.12. The first-order valence-electron chi connectivity index (χ1n) is 7.33. The fourth-order valence-corrected chi connectivity index (χ4v) is 2.74. The molecule has 21 heavy (non-hydrogen) atoms. The molecule has 2 rings (SSSR count).